The number of benzene rings is 1. The maximum absolute atomic E-state index is 15.1. The fourth-order valence-electron chi connectivity index (χ4n) is 3.03. The van der Waals surface area contributed by atoms with Crippen molar-refractivity contribution in [1.29, 1.82) is 0 Å². The van der Waals surface area contributed by atoms with E-state index in [1.165, 1.54) is 31.2 Å². The minimum absolute atomic E-state index is 0.128. The molecule has 1 fully saturated rings. The van der Waals surface area contributed by atoms with E-state index in [9.17, 15) is 24.4 Å². The summed E-state index contributed by atoms with van der Waals surface area (Å²) < 4.78 is 35.4. The van der Waals surface area contributed by atoms with Crippen molar-refractivity contribution in [3.8, 4) is 11.5 Å². The number of carboxylic acid groups (broad SMARTS) is 1. The van der Waals surface area contributed by atoms with Gasteiger partial charge >= 0.3 is 19.8 Å². The van der Waals surface area contributed by atoms with Gasteiger partial charge in [0, 0.05) is 17.2 Å². The molecular weight excluding hydrogens is 494 g/mol. The number of aromatic amines is 1. The topological polar surface area (TPSA) is 224 Å². The molecule has 2 heterocycles. The molecule has 0 spiro atoms. The molecule has 35 heavy (non-hydrogen) atoms. The number of nitrogens with zero attached hydrogens (tertiary/aromatic N) is 5. The van der Waals surface area contributed by atoms with Crippen LogP contribution in [0.25, 0.3) is 10.4 Å². The van der Waals surface area contributed by atoms with Crippen molar-refractivity contribution in [2.45, 2.75) is 37.2 Å². The van der Waals surface area contributed by atoms with E-state index in [0.717, 1.165) is 12.3 Å². The number of H-pyrrole nitrogens is 1. The summed E-state index contributed by atoms with van der Waals surface area (Å²) in [5.74, 6) is -1.61. The summed E-state index contributed by atoms with van der Waals surface area (Å²) in [6.07, 6.45) is -5.08. The molecule has 0 aliphatic carbocycles. The second-order valence-electron chi connectivity index (χ2n) is 7.15. The van der Waals surface area contributed by atoms with Crippen molar-refractivity contribution in [3.63, 3.8) is 0 Å². The zero-order valence-electron chi connectivity index (χ0n) is 17.8. The number of rotatable bonds is 9. The van der Waals surface area contributed by atoms with Gasteiger partial charge in [-0.25, -0.2) is 14.0 Å². The van der Waals surface area contributed by atoms with E-state index in [-0.39, 0.29) is 11.5 Å². The van der Waals surface area contributed by atoms with Crippen LogP contribution in [0, 0.1) is 0 Å². The summed E-state index contributed by atoms with van der Waals surface area (Å²) in [7, 11) is -2.83. The third kappa shape index (κ3) is 5.65. The lowest BCUT2D eigenvalue weighted by Gasteiger charge is -2.25. The van der Waals surface area contributed by atoms with Gasteiger partial charge in [-0.2, -0.15) is 0 Å². The van der Waals surface area contributed by atoms with Crippen LogP contribution in [0.1, 0.15) is 13.2 Å². The third-order valence-corrected chi connectivity index (χ3v) is 5.66. The zero-order valence-corrected chi connectivity index (χ0v) is 18.7. The lowest BCUT2D eigenvalue weighted by atomic mass is 10.1. The molecule has 3 N–H and O–H groups in total. The highest BCUT2D eigenvalue weighted by Crippen LogP contribution is 2.41. The number of ether oxygens (including phenoxy) is 2. The second kappa shape index (κ2) is 10.6. The van der Waals surface area contributed by atoms with Crippen molar-refractivity contribution >= 4 is 14.1 Å². The monoisotopic (exact) mass is 512 g/mol. The van der Waals surface area contributed by atoms with Crippen LogP contribution >= 0.6 is 8.17 Å². The molecule has 1 aromatic heterocycles. The van der Waals surface area contributed by atoms with Gasteiger partial charge < -0.3 is 24.6 Å². The van der Waals surface area contributed by atoms with E-state index in [4.69, 9.17) is 24.6 Å². The molecule has 3 rings (SSSR count). The Bertz CT molecular complexity index is 1300. The average molecular weight is 512 g/mol. The van der Waals surface area contributed by atoms with Gasteiger partial charge in [-0.1, -0.05) is 22.0 Å². The Balaban J connectivity index is 1.86. The molecule has 1 unspecified atom stereocenters. The van der Waals surface area contributed by atoms with E-state index < -0.39 is 62.3 Å². The molecule has 0 radical (unpaired) electrons. The Labute approximate surface area is 195 Å². The Kier molecular flexibility index (Phi) is 7.84. The van der Waals surface area contributed by atoms with Crippen molar-refractivity contribution < 1.29 is 38.3 Å². The quantitative estimate of drug-likeness (QED) is 0.184. The van der Waals surface area contributed by atoms with E-state index in [1.807, 2.05) is 4.98 Å². The molecule has 15 nitrogen and oxygen atoms in total. The summed E-state index contributed by atoms with van der Waals surface area (Å²) in [6.45, 7) is 0.364. The van der Waals surface area contributed by atoms with Gasteiger partial charge in [0.2, 0.25) is 11.5 Å². The highest BCUT2D eigenvalue weighted by Gasteiger charge is 2.57. The van der Waals surface area contributed by atoms with Crippen LogP contribution in [0.15, 0.2) is 56.0 Å². The van der Waals surface area contributed by atoms with E-state index >= 15 is 4.39 Å². The standard InChI is InChI=1S/C18H18FN6O9P/c1-9(16(28)29)22-35(31)34-11-5-3-2-4-10(11)32-8-18(23-24-20)14(19)13(27)15(33-18)25-7-6-12(26)21-17(25)30/h2-7,9,13-15,27H,8H2,1H3,(H,28,29)(H,21,26,30)/t9-,13+,14-,15+,18+/m0/s1. The smallest absolute Gasteiger partial charge is 0.395 e. The average Bonchev–Trinajstić information content (AvgIpc) is 3.04. The van der Waals surface area contributed by atoms with Gasteiger partial charge in [-0.05, 0) is 24.6 Å². The minimum Gasteiger partial charge on any atom is -0.575 e. The molecule has 1 saturated heterocycles. The molecule has 2 aromatic rings. The number of hydrogen-bond donors (Lipinski definition) is 3. The fraction of sp³-hybridized carbons (Fsp3) is 0.389. The number of aliphatic hydroxyl groups is 1. The van der Waals surface area contributed by atoms with Crippen LogP contribution in [0.2, 0.25) is 0 Å². The SMILES string of the molecule is C[C@H](N=[P+]([O-])Oc1ccccc1OC[C@@]1(N=[N+]=[N-])O[C@@H](n2ccc(=O)[nH]c2=O)[C@H](O)[C@@H]1F)C(=O)O. The minimum atomic E-state index is -2.83. The van der Waals surface area contributed by atoms with E-state index in [0.29, 0.717) is 4.57 Å². The van der Waals surface area contributed by atoms with E-state index in [1.54, 1.807) is 0 Å². The number of nitrogens with one attached hydrogen (secondary N) is 1. The number of alkyl halides is 1. The van der Waals surface area contributed by atoms with Crippen LogP contribution in [0.4, 0.5) is 4.39 Å². The third-order valence-electron chi connectivity index (χ3n) is 4.77. The molecule has 0 saturated carbocycles. The van der Waals surface area contributed by atoms with Crippen molar-refractivity contribution in [1.82, 2.24) is 9.55 Å². The summed E-state index contributed by atoms with van der Waals surface area (Å²) >= 11 is 0. The maximum atomic E-state index is 15.1. The van der Waals surface area contributed by atoms with Crippen LogP contribution in [-0.4, -0.2) is 56.4 Å². The van der Waals surface area contributed by atoms with Crippen molar-refractivity contribution in [2.75, 3.05) is 6.61 Å². The first-order valence-corrected chi connectivity index (χ1v) is 10.9. The molecule has 186 valence electrons. The molecule has 0 bridgehead atoms. The number of aromatic nitrogens is 2. The first-order chi connectivity index (χ1) is 16.6. The predicted octanol–water partition coefficient (Wildman–Crippen LogP) is 0.558. The van der Waals surface area contributed by atoms with Gasteiger partial charge in [0.1, 0.15) is 12.7 Å². The Morgan fingerprint density at radius 3 is 2.74 bits per heavy atom. The van der Waals surface area contributed by atoms with Crippen molar-refractivity contribution in [3.05, 3.63) is 67.8 Å². The maximum Gasteiger partial charge on any atom is 0.395 e. The largest absolute Gasteiger partial charge is 0.575 e. The Morgan fingerprint density at radius 1 is 1.43 bits per heavy atom. The van der Waals surface area contributed by atoms with Crippen molar-refractivity contribution in [2.24, 2.45) is 9.86 Å². The summed E-state index contributed by atoms with van der Waals surface area (Å²) in [5, 5.41) is 22.5. The Morgan fingerprint density at radius 2 is 2.11 bits per heavy atom. The number of hydrogen-bond acceptors (Lipinski definition) is 10. The van der Waals surface area contributed by atoms with Gasteiger partial charge in [0.25, 0.3) is 5.56 Å². The molecule has 17 heteroatoms. The number of halogens is 1. The summed E-state index contributed by atoms with van der Waals surface area (Å²) in [6, 6.07) is 5.22. The van der Waals surface area contributed by atoms with Gasteiger partial charge in [0.15, 0.2) is 24.2 Å². The van der Waals surface area contributed by atoms with Gasteiger partial charge in [0.05, 0.1) is 0 Å². The number of carboxylic acids is 1. The second-order valence-corrected chi connectivity index (χ2v) is 8.04. The van der Waals surface area contributed by atoms with Crippen LogP contribution in [0.5, 0.6) is 11.5 Å². The van der Waals surface area contributed by atoms with Crippen LogP contribution < -0.4 is 25.4 Å². The van der Waals surface area contributed by atoms with Crippen LogP contribution in [0.3, 0.4) is 0 Å². The molecule has 1 aliphatic heterocycles. The van der Waals surface area contributed by atoms with Gasteiger partial charge in [-0.3, -0.25) is 18.9 Å². The molecule has 1 aromatic carbocycles. The zero-order chi connectivity index (χ0) is 25.8. The normalized spacial score (nSPS) is 24.9. The number of carbonyl (C=O) groups is 1. The van der Waals surface area contributed by atoms with E-state index in [2.05, 4.69) is 14.8 Å². The lowest BCUT2D eigenvalue weighted by Crippen LogP contribution is -2.43. The number of azide groups is 1. The molecule has 1 aliphatic rings. The predicted molar refractivity (Wildman–Crippen MR) is 113 cm³/mol. The summed E-state index contributed by atoms with van der Waals surface area (Å²) in [4.78, 5) is 50.8. The Hall–Kier alpha value is -3.81. The van der Waals surface area contributed by atoms with Crippen LogP contribution in [-0.2, 0) is 9.53 Å². The van der Waals surface area contributed by atoms with Gasteiger partial charge in [-0.15, -0.1) is 0 Å². The number of para-hydroxylation sites is 2. The first kappa shape index (κ1) is 25.8. The molecule has 6 atom stereocenters. The highest BCUT2D eigenvalue weighted by atomic mass is 31.1. The number of aliphatic carboxylic acids is 1. The number of aliphatic hydroxyl groups excluding tert-OH is 1. The molecular formula is C18H18FN6O9P. The fourth-order valence-corrected chi connectivity index (χ4v) is 3.77. The summed E-state index contributed by atoms with van der Waals surface area (Å²) in [5.41, 5.74) is 4.78. The molecule has 0 amide bonds. The highest BCUT2D eigenvalue weighted by molar-refractivity contribution is 7.34. The lowest BCUT2D eigenvalue weighted by molar-refractivity contribution is -0.169. The first-order valence-electron chi connectivity index (χ1n) is 9.76.